The van der Waals surface area contributed by atoms with E-state index in [1.165, 1.54) is 0 Å². The highest BCUT2D eigenvalue weighted by Gasteiger charge is 2.31. The van der Waals surface area contributed by atoms with Crippen molar-refractivity contribution >= 4 is 12.0 Å². The van der Waals surface area contributed by atoms with Gasteiger partial charge in [0.15, 0.2) is 0 Å². The van der Waals surface area contributed by atoms with Gasteiger partial charge < -0.3 is 20.5 Å². The Balaban J connectivity index is 1.90. The van der Waals surface area contributed by atoms with Crippen molar-refractivity contribution in [1.82, 2.24) is 10.6 Å². The van der Waals surface area contributed by atoms with Crippen LogP contribution < -0.4 is 10.6 Å². The van der Waals surface area contributed by atoms with Crippen molar-refractivity contribution in [1.29, 1.82) is 0 Å². The van der Waals surface area contributed by atoms with Gasteiger partial charge in [-0.25, -0.2) is 4.79 Å². The SMILES string of the molecule is CC1(NC(=O)NCC(C(=O)O)c2ccccc2)CCOC1. The van der Waals surface area contributed by atoms with Gasteiger partial charge in [-0.2, -0.15) is 0 Å². The molecule has 0 saturated carbocycles. The molecule has 2 amide bonds. The molecule has 1 fully saturated rings. The summed E-state index contributed by atoms with van der Waals surface area (Å²) >= 11 is 0. The van der Waals surface area contributed by atoms with Crippen LogP contribution in [0.25, 0.3) is 0 Å². The fraction of sp³-hybridized carbons (Fsp3) is 0.467. The van der Waals surface area contributed by atoms with Crippen LogP contribution in [0, 0.1) is 0 Å². The Morgan fingerprint density at radius 1 is 1.38 bits per heavy atom. The van der Waals surface area contributed by atoms with E-state index < -0.39 is 11.9 Å². The summed E-state index contributed by atoms with van der Waals surface area (Å²) in [6, 6.07) is 8.49. The highest BCUT2D eigenvalue weighted by Crippen LogP contribution is 2.17. The normalized spacial score (nSPS) is 22.5. The van der Waals surface area contributed by atoms with Gasteiger partial charge in [-0.3, -0.25) is 4.79 Å². The average Bonchev–Trinajstić information content (AvgIpc) is 2.86. The van der Waals surface area contributed by atoms with E-state index in [-0.39, 0.29) is 18.1 Å². The first-order valence-corrected chi connectivity index (χ1v) is 6.92. The van der Waals surface area contributed by atoms with Gasteiger partial charge in [0.05, 0.1) is 18.1 Å². The molecular formula is C15H20N2O4. The topological polar surface area (TPSA) is 87.7 Å². The van der Waals surface area contributed by atoms with Crippen molar-refractivity contribution < 1.29 is 19.4 Å². The summed E-state index contributed by atoms with van der Waals surface area (Å²) in [4.78, 5) is 23.2. The molecule has 21 heavy (non-hydrogen) atoms. The number of nitrogens with one attached hydrogen (secondary N) is 2. The molecule has 0 bridgehead atoms. The van der Waals surface area contributed by atoms with Crippen molar-refractivity contribution in [3.05, 3.63) is 35.9 Å². The number of carbonyl (C=O) groups excluding carboxylic acids is 1. The molecule has 6 nitrogen and oxygen atoms in total. The maximum absolute atomic E-state index is 11.9. The monoisotopic (exact) mass is 292 g/mol. The molecule has 2 unspecified atom stereocenters. The summed E-state index contributed by atoms with van der Waals surface area (Å²) in [6.07, 6.45) is 0.751. The molecule has 6 heteroatoms. The van der Waals surface area contributed by atoms with E-state index in [0.29, 0.717) is 18.8 Å². The number of carbonyl (C=O) groups is 2. The van der Waals surface area contributed by atoms with E-state index >= 15 is 0 Å². The molecule has 114 valence electrons. The minimum absolute atomic E-state index is 0.0438. The van der Waals surface area contributed by atoms with Crippen molar-refractivity contribution in [3.8, 4) is 0 Å². The van der Waals surface area contributed by atoms with Crippen LogP contribution in [0.2, 0.25) is 0 Å². The standard InChI is InChI=1S/C15H20N2O4/c1-15(7-8-21-10-15)17-14(20)16-9-12(13(18)19)11-5-3-2-4-6-11/h2-6,12H,7-10H2,1H3,(H,18,19)(H2,16,17,20). The lowest BCUT2D eigenvalue weighted by atomic mass is 9.99. The number of aliphatic carboxylic acids is 1. The number of ether oxygens (including phenoxy) is 1. The van der Waals surface area contributed by atoms with Gasteiger partial charge in [0.1, 0.15) is 0 Å². The van der Waals surface area contributed by atoms with Crippen LogP contribution in [-0.2, 0) is 9.53 Å². The smallest absolute Gasteiger partial charge is 0.315 e. The summed E-state index contributed by atoms with van der Waals surface area (Å²) in [5.74, 6) is -1.72. The van der Waals surface area contributed by atoms with E-state index in [4.69, 9.17) is 4.74 Å². The minimum atomic E-state index is -0.961. The Kier molecular flexibility index (Phi) is 4.80. The number of urea groups is 1. The average molecular weight is 292 g/mol. The zero-order valence-corrected chi connectivity index (χ0v) is 12.0. The number of rotatable bonds is 5. The third kappa shape index (κ3) is 4.19. The highest BCUT2D eigenvalue weighted by atomic mass is 16.5. The Bertz CT molecular complexity index is 498. The van der Waals surface area contributed by atoms with Crippen LogP contribution in [-0.4, -0.2) is 42.4 Å². The molecule has 1 heterocycles. The largest absolute Gasteiger partial charge is 0.481 e. The van der Waals surface area contributed by atoms with E-state index in [9.17, 15) is 14.7 Å². The van der Waals surface area contributed by atoms with Crippen LogP contribution in [0.4, 0.5) is 4.79 Å². The first kappa shape index (κ1) is 15.3. The molecule has 3 N–H and O–H groups in total. The molecule has 1 aliphatic heterocycles. The third-order valence-electron chi connectivity index (χ3n) is 3.60. The predicted octanol–water partition coefficient (Wildman–Crippen LogP) is 1.33. The van der Waals surface area contributed by atoms with E-state index in [0.717, 1.165) is 6.42 Å². The fourth-order valence-electron chi connectivity index (χ4n) is 2.31. The van der Waals surface area contributed by atoms with Gasteiger partial charge in [0.2, 0.25) is 0 Å². The summed E-state index contributed by atoms with van der Waals surface area (Å²) < 4.78 is 5.26. The summed E-state index contributed by atoms with van der Waals surface area (Å²) in [5, 5.41) is 14.7. The van der Waals surface area contributed by atoms with Gasteiger partial charge in [0, 0.05) is 13.2 Å². The Morgan fingerprint density at radius 2 is 2.10 bits per heavy atom. The lowest BCUT2D eigenvalue weighted by Crippen LogP contribution is -2.51. The third-order valence-corrected chi connectivity index (χ3v) is 3.60. The minimum Gasteiger partial charge on any atom is -0.481 e. The summed E-state index contributed by atoms with van der Waals surface area (Å²) in [5.41, 5.74) is 0.288. The molecule has 0 spiro atoms. The number of benzene rings is 1. The molecule has 1 aromatic rings. The van der Waals surface area contributed by atoms with Crippen LogP contribution >= 0.6 is 0 Å². The maximum atomic E-state index is 11.9. The van der Waals surface area contributed by atoms with Crippen LogP contribution in [0.15, 0.2) is 30.3 Å². The lowest BCUT2D eigenvalue weighted by Gasteiger charge is -2.24. The molecule has 0 aliphatic carbocycles. The highest BCUT2D eigenvalue weighted by molar-refractivity contribution is 5.79. The molecule has 0 radical (unpaired) electrons. The molecule has 2 atom stereocenters. The number of carboxylic acid groups (broad SMARTS) is 1. The lowest BCUT2D eigenvalue weighted by molar-refractivity contribution is -0.138. The second-order valence-electron chi connectivity index (χ2n) is 5.50. The zero-order chi connectivity index (χ0) is 15.3. The molecule has 2 rings (SSSR count). The Morgan fingerprint density at radius 3 is 2.67 bits per heavy atom. The van der Waals surface area contributed by atoms with Gasteiger partial charge >= 0.3 is 12.0 Å². The number of hydrogen-bond donors (Lipinski definition) is 3. The number of amides is 2. The quantitative estimate of drug-likeness (QED) is 0.764. The number of carboxylic acids is 1. The van der Waals surface area contributed by atoms with E-state index in [1.807, 2.05) is 13.0 Å². The van der Waals surface area contributed by atoms with Crippen LogP contribution in [0.5, 0.6) is 0 Å². The zero-order valence-electron chi connectivity index (χ0n) is 12.0. The first-order chi connectivity index (χ1) is 10.0. The fourth-order valence-corrected chi connectivity index (χ4v) is 2.31. The summed E-state index contributed by atoms with van der Waals surface area (Å²) in [6.45, 7) is 3.05. The summed E-state index contributed by atoms with van der Waals surface area (Å²) in [7, 11) is 0. The Hall–Kier alpha value is -2.08. The molecule has 1 saturated heterocycles. The molecular weight excluding hydrogens is 272 g/mol. The maximum Gasteiger partial charge on any atom is 0.315 e. The van der Waals surface area contributed by atoms with E-state index in [2.05, 4.69) is 10.6 Å². The van der Waals surface area contributed by atoms with Crippen LogP contribution in [0.1, 0.15) is 24.8 Å². The van der Waals surface area contributed by atoms with Gasteiger partial charge in [-0.05, 0) is 18.9 Å². The van der Waals surface area contributed by atoms with Crippen molar-refractivity contribution in [2.45, 2.75) is 24.8 Å². The van der Waals surface area contributed by atoms with Crippen molar-refractivity contribution in [2.24, 2.45) is 0 Å². The van der Waals surface area contributed by atoms with Crippen LogP contribution in [0.3, 0.4) is 0 Å². The second-order valence-corrected chi connectivity index (χ2v) is 5.50. The van der Waals surface area contributed by atoms with Crippen molar-refractivity contribution in [3.63, 3.8) is 0 Å². The predicted molar refractivity (Wildman–Crippen MR) is 77.2 cm³/mol. The molecule has 1 aliphatic rings. The molecule has 0 aromatic heterocycles. The van der Waals surface area contributed by atoms with Gasteiger partial charge in [-0.15, -0.1) is 0 Å². The van der Waals surface area contributed by atoms with Crippen molar-refractivity contribution in [2.75, 3.05) is 19.8 Å². The Labute approximate surface area is 123 Å². The number of hydrogen-bond acceptors (Lipinski definition) is 3. The first-order valence-electron chi connectivity index (χ1n) is 6.92. The van der Waals surface area contributed by atoms with E-state index in [1.54, 1.807) is 24.3 Å². The van der Waals surface area contributed by atoms with Gasteiger partial charge in [0.25, 0.3) is 0 Å². The second kappa shape index (κ2) is 6.58. The van der Waals surface area contributed by atoms with Gasteiger partial charge in [-0.1, -0.05) is 30.3 Å². The molecule has 1 aromatic carbocycles.